The van der Waals surface area contributed by atoms with Crippen molar-refractivity contribution in [2.75, 3.05) is 33.2 Å². The third-order valence-corrected chi connectivity index (χ3v) is 2.14. The van der Waals surface area contributed by atoms with E-state index in [1.54, 1.807) is 0 Å². The lowest BCUT2D eigenvalue weighted by molar-refractivity contribution is 0.121. The molecule has 0 aliphatic heterocycles. The van der Waals surface area contributed by atoms with Crippen molar-refractivity contribution in [2.24, 2.45) is 5.92 Å². The summed E-state index contributed by atoms with van der Waals surface area (Å²) in [6.45, 7) is 6.87. The Kier molecular flexibility index (Phi) is 8.30. The molecule has 0 heterocycles. The highest BCUT2D eigenvalue weighted by molar-refractivity contribution is 4.81. The van der Waals surface area contributed by atoms with Crippen molar-refractivity contribution in [1.29, 1.82) is 5.26 Å². The van der Waals surface area contributed by atoms with Gasteiger partial charge in [0.25, 0.3) is 0 Å². The van der Waals surface area contributed by atoms with Crippen LogP contribution in [0.2, 0.25) is 0 Å². The maximum Gasteiger partial charge on any atom is 0.0791 e. The molecule has 0 fully saturated rings. The van der Waals surface area contributed by atoms with Gasteiger partial charge in [0.1, 0.15) is 0 Å². The number of hydrogen-bond acceptors (Lipinski definition) is 4. The van der Waals surface area contributed by atoms with Gasteiger partial charge in [0.15, 0.2) is 0 Å². The minimum absolute atomic E-state index is 0.0193. The zero-order valence-corrected chi connectivity index (χ0v) is 10.0. The largest absolute Gasteiger partial charge is 0.390 e. The topological polar surface area (TPSA) is 59.3 Å². The third-order valence-electron chi connectivity index (χ3n) is 2.14. The molecule has 0 bridgehead atoms. The smallest absolute Gasteiger partial charge is 0.0791 e. The Balaban J connectivity index is 3.58. The van der Waals surface area contributed by atoms with Gasteiger partial charge < -0.3 is 15.3 Å². The molecule has 0 aromatic carbocycles. The first-order valence-electron chi connectivity index (χ1n) is 5.57. The fourth-order valence-electron chi connectivity index (χ4n) is 1.45. The summed E-state index contributed by atoms with van der Waals surface area (Å²) in [5.41, 5.74) is 0. The van der Waals surface area contributed by atoms with Gasteiger partial charge in [0.05, 0.1) is 18.1 Å². The van der Waals surface area contributed by atoms with E-state index in [0.29, 0.717) is 19.6 Å². The van der Waals surface area contributed by atoms with Gasteiger partial charge in [0.2, 0.25) is 0 Å². The average Bonchev–Trinajstić information content (AvgIpc) is 2.17. The molecule has 0 spiro atoms. The van der Waals surface area contributed by atoms with Crippen LogP contribution in [0.15, 0.2) is 0 Å². The molecule has 0 aliphatic carbocycles. The molecule has 0 aromatic heterocycles. The SMILES string of the molecule is CCCNCC(O)CN(C)CC(C)C#N. The lowest BCUT2D eigenvalue weighted by Gasteiger charge is -2.21. The lowest BCUT2D eigenvalue weighted by atomic mass is 10.2. The molecular formula is C11H23N3O. The summed E-state index contributed by atoms with van der Waals surface area (Å²) in [4.78, 5) is 1.99. The number of rotatable bonds is 8. The first-order valence-corrected chi connectivity index (χ1v) is 5.57. The Bertz CT molecular complexity index is 191. The first kappa shape index (κ1) is 14.4. The van der Waals surface area contributed by atoms with Crippen molar-refractivity contribution in [3.8, 4) is 6.07 Å². The number of aliphatic hydroxyl groups is 1. The predicted octanol–water partition coefficient (Wildman–Crippen LogP) is 0.438. The highest BCUT2D eigenvalue weighted by Crippen LogP contribution is 1.97. The number of nitrogens with zero attached hydrogens (tertiary/aromatic N) is 2. The average molecular weight is 213 g/mol. The van der Waals surface area contributed by atoms with Crippen molar-refractivity contribution >= 4 is 0 Å². The van der Waals surface area contributed by atoms with Gasteiger partial charge in [-0.2, -0.15) is 5.26 Å². The van der Waals surface area contributed by atoms with E-state index in [2.05, 4.69) is 18.3 Å². The molecule has 0 aliphatic rings. The van der Waals surface area contributed by atoms with Crippen molar-refractivity contribution in [3.05, 3.63) is 0 Å². The van der Waals surface area contributed by atoms with Crippen LogP contribution >= 0.6 is 0 Å². The minimum Gasteiger partial charge on any atom is -0.390 e. The van der Waals surface area contributed by atoms with Gasteiger partial charge in [-0.1, -0.05) is 6.92 Å². The zero-order chi connectivity index (χ0) is 11.7. The monoisotopic (exact) mass is 213 g/mol. The molecule has 88 valence electrons. The Morgan fingerprint density at radius 1 is 1.47 bits per heavy atom. The third kappa shape index (κ3) is 8.37. The van der Waals surface area contributed by atoms with Gasteiger partial charge in [-0.3, -0.25) is 0 Å². The van der Waals surface area contributed by atoms with E-state index >= 15 is 0 Å². The molecule has 2 unspecified atom stereocenters. The van der Waals surface area contributed by atoms with Gasteiger partial charge >= 0.3 is 0 Å². The fourth-order valence-corrected chi connectivity index (χ4v) is 1.45. The Morgan fingerprint density at radius 2 is 2.13 bits per heavy atom. The van der Waals surface area contributed by atoms with Gasteiger partial charge in [-0.25, -0.2) is 0 Å². The standard InChI is InChI=1S/C11H23N3O/c1-4-5-13-7-11(15)9-14(3)8-10(2)6-12/h10-11,13,15H,4-5,7-9H2,1-3H3. The summed E-state index contributed by atoms with van der Waals surface area (Å²) in [5, 5.41) is 21.5. The molecule has 0 radical (unpaired) electrons. The van der Waals surface area contributed by atoms with Crippen molar-refractivity contribution in [3.63, 3.8) is 0 Å². The van der Waals surface area contributed by atoms with Crippen LogP contribution in [0, 0.1) is 17.2 Å². The predicted molar refractivity (Wildman–Crippen MR) is 61.4 cm³/mol. The Labute approximate surface area is 92.9 Å². The van der Waals surface area contributed by atoms with Crippen LogP contribution in [-0.4, -0.2) is 49.3 Å². The molecule has 4 heteroatoms. The Hall–Kier alpha value is -0.630. The summed E-state index contributed by atoms with van der Waals surface area (Å²) in [6.07, 6.45) is 0.723. The van der Waals surface area contributed by atoms with Crippen molar-refractivity contribution in [2.45, 2.75) is 26.4 Å². The quantitative estimate of drug-likeness (QED) is 0.574. The number of nitriles is 1. The minimum atomic E-state index is -0.354. The second kappa shape index (κ2) is 8.66. The van der Waals surface area contributed by atoms with Gasteiger partial charge in [-0.05, 0) is 26.9 Å². The van der Waals surface area contributed by atoms with Crippen LogP contribution in [0.3, 0.4) is 0 Å². The second-order valence-corrected chi connectivity index (χ2v) is 4.11. The van der Waals surface area contributed by atoms with E-state index in [1.165, 1.54) is 0 Å². The molecule has 0 amide bonds. The number of aliphatic hydroxyl groups excluding tert-OH is 1. The van der Waals surface area contributed by atoms with Crippen LogP contribution < -0.4 is 5.32 Å². The number of nitrogens with one attached hydrogen (secondary N) is 1. The van der Waals surface area contributed by atoms with E-state index in [9.17, 15) is 5.11 Å². The number of hydrogen-bond donors (Lipinski definition) is 2. The van der Waals surface area contributed by atoms with E-state index in [-0.39, 0.29) is 12.0 Å². The maximum absolute atomic E-state index is 9.64. The van der Waals surface area contributed by atoms with Crippen LogP contribution in [0.25, 0.3) is 0 Å². The Morgan fingerprint density at radius 3 is 2.67 bits per heavy atom. The number of likely N-dealkylation sites (N-methyl/N-ethyl adjacent to an activating group) is 1. The normalized spacial score (nSPS) is 14.9. The summed E-state index contributed by atoms with van der Waals surface area (Å²) in [6, 6.07) is 2.18. The van der Waals surface area contributed by atoms with Crippen molar-refractivity contribution in [1.82, 2.24) is 10.2 Å². The molecule has 2 N–H and O–H groups in total. The highest BCUT2D eigenvalue weighted by Gasteiger charge is 2.10. The summed E-state index contributed by atoms with van der Waals surface area (Å²) in [5.74, 6) is 0.0193. The first-order chi connectivity index (χ1) is 7.10. The fraction of sp³-hybridized carbons (Fsp3) is 0.909. The summed E-state index contributed by atoms with van der Waals surface area (Å²) >= 11 is 0. The molecule has 4 nitrogen and oxygen atoms in total. The summed E-state index contributed by atoms with van der Waals surface area (Å²) in [7, 11) is 1.93. The van der Waals surface area contributed by atoms with E-state index in [0.717, 1.165) is 13.0 Å². The molecule has 0 saturated heterocycles. The van der Waals surface area contributed by atoms with E-state index < -0.39 is 0 Å². The second-order valence-electron chi connectivity index (χ2n) is 4.11. The van der Waals surface area contributed by atoms with Crippen LogP contribution in [-0.2, 0) is 0 Å². The lowest BCUT2D eigenvalue weighted by Crippen LogP contribution is -2.38. The van der Waals surface area contributed by atoms with Crippen LogP contribution in [0.5, 0.6) is 0 Å². The summed E-state index contributed by atoms with van der Waals surface area (Å²) < 4.78 is 0. The maximum atomic E-state index is 9.64. The molecule has 0 aromatic rings. The molecular weight excluding hydrogens is 190 g/mol. The van der Waals surface area contributed by atoms with Gasteiger partial charge in [0, 0.05) is 19.6 Å². The molecule has 15 heavy (non-hydrogen) atoms. The molecule has 0 saturated carbocycles. The van der Waals surface area contributed by atoms with Gasteiger partial charge in [-0.15, -0.1) is 0 Å². The van der Waals surface area contributed by atoms with Crippen LogP contribution in [0.1, 0.15) is 20.3 Å². The van der Waals surface area contributed by atoms with Crippen LogP contribution in [0.4, 0.5) is 0 Å². The van der Waals surface area contributed by atoms with E-state index in [1.807, 2.05) is 18.9 Å². The van der Waals surface area contributed by atoms with E-state index in [4.69, 9.17) is 5.26 Å². The zero-order valence-electron chi connectivity index (χ0n) is 10.0. The highest BCUT2D eigenvalue weighted by atomic mass is 16.3. The molecule has 2 atom stereocenters. The molecule has 0 rings (SSSR count). The van der Waals surface area contributed by atoms with Crippen molar-refractivity contribution < 1.29 is 5.11 Å².